The maximum absolute atomic E-state index is 12.1. The van der Waals surface area contributed by atoms with Gasteiger partial charge in [-0.2, -0.15) is 0 Å². The van der Waals surface area contributed by atoms with Gasteiger partial charge in [-0.05, 0) is 18.9 Å². The van der Waals surface area contributed by atoms with Crippen LogP contribution in [-0.2, 0) is 9.59 Å². The Kier molecular flexibility index (Phi) is 6.06. The fourth-order valence-electron chi connectivity index (χ4n) is 2.00. The summed E-state index contributed by atoms with van der Waals surface area (Å²) in [4.78, 5) is 22.9. The summed E-state index contributed by atoms with van der Waals surface area (Å²) in [6.45, 7) is 3.80. The Bertz CT molecular complexity index is 417. The number of amides is 1. The number of hydrogen-bond donors (Lipinski definition) is 2. The third kappa shape index (κ3) is 5.12. The zero-order valence-electron chi connectivity index (χ0n) is 11.4. The van der Waals surface area contributed by atoms with E-state index in [1.54, 1.807) is 0 Å². The smallest absolute Gasteiger partial charge is 0.305 e. The average Bonchev–Trinajstić information content (AvgIpc) is 2.38. The van der Waals surface area contributed by atoms with Gasteiger partial charge in [0.05, 0.1) is 12.3 Å². The normalized spacial score (nSPS) is 13.6. The molecule has 0 saturated carbocycles. The molecule has 0 saturated heterocycles. The van der Waals surface area contributed by atoms with Gasteiger partial charge < -0.3 is 10.4 Å². The van der Waals surface area contributed by atoms with Gasteiger partial charge in [0.2, 0.25) is 5.91 Å². The molecule has 0 aliphatic heterocycles. The van der Waals surface area contributed by atoms with E-state index in [4.69, 9.17) is 5.11 Å². The lowest BCUT2D eigenvalue weighted by Gasteiger charge is -2.19. The standard InChI is InChI=1S/C15H21NO3/c1-3-7-13(10-14(17)18)16-15(19)11(2)12-8-5-4-6-9-12/h4-6,8-9,11,13H,3,7,10H2,1-2H3,(H,16,19)(H,17,18). The minimum atomic E-state index is -0.883. The lowest BCUT2D eigenvalue weighted by Crippen LogP contribution is -2.38. The summed E-state index contributed by atoms with van der Waals surface area (Å²) in [6.07, 6.45) is 1.50. The fraction of sp³-hybridized carbons (Fsp3) is 0.467. The Labute approximate surface area is 113 Å². The largest absolute Gasteiger partial charge is 0.481 e. The molecule has 0 aliphatic rings. The molecular formula is C15H21NO3. The highest BCUT2D eigenvalue weighted by molar-refractivity contribution is 5.84. The molecule has 4 heteroatoms. The first-order chi connectivity index (χ1) is 9.04. The molecule has 0 fully saturated rings. The molecule has 0 heterocycles. The summed E-state index contributed by atoms with van der Waals surface area (Å²) in [5.41, 5.74) is 0.936. The van der Waals surface area contributed by atoms with Crippen molar-refractivity contribution in [3.8, 4) is 0 Å². The first-order valence-electron chi connectivity index (χ1n) is 6.61. The Morgan fingerprint density at radius 1 is 1.26 bits per heavy atom. The van der Waals surface area contributed by atoms with Crippen LogP contribution in [-0.4, -0.2) is 23.0 Å². The second-order valence-corrected chi connectivity index (χ2v) is 4.72. The van der Waals surface area contributed by atoms with E-state index in [1.165, 1.54) is 0 Å². The molecule has 4 nitrogen and oxygen atoms in total. The maximum atomic E-state index is 12.1. The highest BCUT2D eigenvalue weighted by atomic mass is 16.4. The number of carboxylic acids is 1. The van der Waals surface area contributed by atoms with E-state index in [1.807, 2.05) is 44.2 Å². The number of nitrogens with one attached hydrogen (secondary N) is 1. The van der Waals surface area contributed by atoms with E-state index in [0.717, 1.165) is 12.0 Å². The van der Waals surface area contributed by atoms with Gasteiger partial charge in [0.25, 0.3) is 0 Å². The second-order valence-electron chi connectivity index (χ2n) is 4.72. The van der Waals surface area contributed by atoms with E-state index in [2.05, 4.69) is 5.32 Å². The molecule has 1 aromatic carbocycles. The molecule has 2 unspecified atom stereocenters. The van der Waals surface area contributed by atoms with Crippen molar-refractivity contribution in [1.29, 1.82) is 0 Å². The van der Waals surface area contributed by atoms with Crippen molar-refractivity contribution in [2.45, 2.75) is 45.1 Å². The van der Waals surface area contributed by atoms with Gasteiger partial charge in [0.15, 0.2) is 0 Å². The van der Waals surface area contributed by atoms with Gasteiger partial charge in [-0.1, -0.05) is 43.7 Å². The average molecular weight is 263 g/mol. The van der Waals surface area contributed by atoms with Gasteiger partial charge in [0, 0.05) is 6.04 Å². The predicted molar refractivity (Wildman–Crippen MR) is 73.9 cm³/mol. The number of benzene rings is 1. The van der Waals surface area contributed by atoms with Gasteiger partial charge in [0.1, 0.15) is 0 Å². The third-order valence-corrected chi connectivity index (χ3v) is 3.10. The molecule has 2 N–H and O–H groups in total. The summed E-state index contributed by atoms with van der Waals surface area (Å²) in [5.74, 6) is -1.27. The second kappa shape index (κ2) is 7.56. The van der Waals surface area contributed by atoms with Crippen molar-refractivity contribution in [1.82, 2.24) is 5.32 Å². The van der Waals surface area contributed by atoms with E-state index in [9.17, 15) is 9.59 Å². The zero-order chi connectivity index (χ0) is 14.3. The number of hydrogen-bond acceptors (Lipinski definition) is 2. The summed E-state index contributed by atoms with van der Waals surface area (Å²) in [6, 6.07) is 9.19. The Balaban J connectivity index is 2.63. The van der Waals surface area contributed by atoms with Crippen molar-refractivity contribution in [2.24, 2.45) is 0 Å². The lowest BCUT2D eigenvalue weighted by atomic mass is 9.99. The van der Waals surface area contributed by atoms with Crippen LogP contribution >= 0.6 is 0 Å². The van der Waals surface area contributed by atoms with Crippen LogP contribution in [0.2, 0.25) is 0 Å². The van der Waals surface area contributed by atoms with Gasteiger partial charge >= 0.3 is 5.97 Å². The molecule has 0 bridgehead atoms. The Morgan fingerprint density at radius 3 is 2.42 bits per heavy atom. The van der Waals surface area contributed by atoms with E-state index in [0.29, 0.717) is 6.42 Å². The first-order valence-corrected chi connectivity index (χ1v) is 6.61. The molecule has 19 heavy (non-hydrogen) atoms. The van der Waals surface area contributed by atoms with Crippen LogP contribution in [0.4, 0.5) is 0 Å². The van der Waals surface area contributed by atoms with Crippen molar-refractivity contribution >= 4 is 11.9 Å². The highest BCUT2D eigenvalue weighted by Gasteiger charge is 2.20. The number of rotatable bonds is 7. The van der Waals surface area contributed by atoms with Crippen molar-refractivity contribution in [3.05, 3.63) is 35.9 Å². The maximum Gasteiger partial charge on any atom is 0.305 e. The molecular weight excluding hydrogens is 242 g/mol. The molecule has 0 spiro atoms. The summed E-state index contributed by atoms with van der Waals surface area (Å²) < 4.78 is 0. The molecule has 1 aromatic rings. The summed E-state index contributed by atoms with van der Waals surface area (Å²) in [5, 5.41) is 11.7. The van der Waals surface area contributed by atoms with Crippen LogP contribution in [0.3, 0.4) is 0 Å². The zero-order valence-corrected chi connectivity index (χ0v) is 11.4. The number of aliphatic carboxylic acids is 1. The quantitative estimate of drug-likeness (QED) is 0.794. The number of carboxylic acid groups (broad SMARTS) is 1. The van der Waals surface area contributed by atoms with Gasteiger partial charge in [-0.25, -0.2) is 0 Å². The summed E-state index contributed by atoms with van der Waals surface area (Å²) >= 11 is 0. The first kappa shape index (κ1) is 15.2. The lowest BCUT2D eigenvalue weighted by molar-refractivity contribution is -0.137. The van der Waals surface area contributed by atoms with Crippen LogP contribution in [0.5, 0.6) is 0 Å². The molecule has 1 rings (SSSR count). The van der Waals surface area contributed by atoms with Crippen LogP contribution in [0.15, 0.2) is 30.3 Å². The van der Waals surface area contributed by atoms with Crippen LogP contribution in [0, 0.1) is 0 Å². The fourth-order valence-corrected chi connectivity index (χ4v) is 2.00. The minimum absolute atomic E-state index is 0.0267. The summed E-state index contributed by atoms with van der Waals surface area (Å²) in [7, 11) is 0. The number of carbonyl (C=O) groups is 2. The van der Waals surface area contributed by atoms with E-state index in [-0.39, 0.29) is 24.3 Å². The van der Waals surface area contributed by atoms with Crippen molar-refractivity contribution in [2.75, 3.05) is 0 Å². The third-order valence-electron chi connectivity index (χ3n) is 3.10. The molecule has 0 aromatic heterocycles. The Hall–Kier alpha value is -1.84. The molecule has 104 valence electrons. The van der Waals surface area contributed by atoms with Gasteiger partial charge in [-0.3, -0.25) is 9.59 Å². The molecule has 0 radical (unpaired) electrons. The molecule has 0 aliphatic carbocycles. The molecule has 1 amide bonds. The van der Waals surface area contributed by atoms with E-state index >= 15 is 0 Å². The SMILES string of the molecule is CCCC(CC(=O)O)NC(=O)C(C)c1ccccc1. The predicted octanol–water partition coefficient (Wildman–Crippen LogP) is 2.55. The molecule has 2 atom stereocenters. The van der Waals surface area contributed by atoms with Crippen molar-refractivity contribution in [3.63, 3.8) is 0 Å². The van der Waals surface area contributed by atoms with Crippen molar-refractivity contribution < 1.29 is 14.7 Å². The highest BCUT2D eigenvalue weighted by Crippen LogP contribution is 2.15. The van der Waals surface area contributed by atoms with Crippen LogP contribution in [0.25, 0.3) is 0 Å². The minimum Gasteiger partial charge on any atom is -0.481 e. The van der Waals surface area contributed by atoms with Gasteiger partial charge in [-0.15, -0.1) is 0 Å². The topological polar surface area (TPSA) is 66.4 Å². The van der Waals surface area contributed by atoms with E-state index < -0.39 is 5.97 Å². The number of carbonyl (C=O) groups excluding carboxylic acids is 1. The monoisotopic (exact) mass is 263 g/mol. The Morgan fingerprint density at radius 2 is 1.89 bits per heavy atom. The van der Waals surface area contributed by atoms with Crippen LogP contribution < -0.4 is 5.32 Å². The van der Waals surface area contributed by atoms with Crippen LogP contribution in [0.1, 0.15) is 44.6 Å².